The van der Waals surface area contributed by atoms with Gasteiger partial charge >= 0.3 is 0 Å². The fourth-order valence-electron chi connectivity index (χ4n) is 3.99. The Morgan fingerprint density at radius 1 is 1.41 bits per heavy atom. The average Bonchev–Trinajstić information content (AvgIpc) is 3.03. The van der Waals surface area contributed by atoms with Crippen LogP contribution in [0, 0.1) is 17.8 Å². The maximum Gasteiger partial charge on any atom is 0.0443 e. The van der Waals surface area contributed by atoms with Crippen molar-refractivity contribution in [1.29, 1.82) is 0 Å². The number of aromatic nitrogens is 1. The smallest absolute Gasteiger partial charge is 0.0443 e. The summed E-state index contributed by atoms with van der Waals surface area (Å²) in [5.74, 6) is 3.04. The number of nitrogens with zero attached hydrogens (tertiary/aromatic N) is 1. The maximum atomic E-state index is 3.35. The first kappa shape index (κ1) is 11.3. The molecule has 0 spiro atoms. The zero-order valence-corrected chi connectivity index (χ0v) is 11.0. The minimum absolute atomic E-state index is 0.462. The van der Waals surface area contributed by atoms with Gasteiger partial charge in [-0.25, -0.2) is 0 Å². The van der Waals surface area contributed by atoms with Crippen molar-refractivity contribution in [2.24, 2.45) is 17.8 Å². The summed E-state index contributed by atoms with van der Waals surface area (Å²) in [6, 6.07) is 4.91. The normalized spacial score (nSPS) is 33.2. The van der Waals surface area contributed by atoms with E-state index in [-0.39, 0.29) is 0 Å². The fourth-order valence-corrected chi connectivity index (χ4v) is 3.99. The Morgan fingerprint density at radius 2 is 2.29 bits per heavy atom. The summed E-state index contributed by atoms with van der Waals surface area (Å²) in [6.07, 6.45) is 8.26. The van der Waals surface area contributed by atoms with E-state index < -0.39 is 0 Å². The van der Waals surface area contributed by atoms with E-state index in [9.17, 15) is 0 Å². The first-order valence-corrected chi connectivity index (χ1v) is 7.10. The van der Waals surface area contributed by atoms with E-state index in [1.165, 1.54) is 37.9 Å². The highest BCUT2D eigenvalue weighted by Gasteiger charge is 2.39. The van der Waals surface area contributed by atoms with Gasteiger partial charge in [0.1, 0.15) is 0 Å². The summed E-state index contributed by atoms with van der Waals surface area (Å²) in [5, 5.41) is 3.35. The first-order chi connectivity index (χ1) is 8.28. The van der Waals surface area contributed by atoms with Crippen molar-refractivity contribution in [1.82, 2.24) is 9.88 Å². The highest BCUT2D eigenvalue weighted by Crippen LogP contribution is 2.48. The van der Waals surface area contributed by atoms with E-state index >= 15 is 0 Å². The van der Waals surface area contributed by atoms with Crippen LogP contribution in [0.3, 0.4) is 0 Å². The first-order valence-electron chi connectivity index (χ1n) is 7.10. The fraction of sp³-hybridized carbons (Fsp3) is 0.733. The Labute approximate surface area is 104 Å². The highest BCUT2D eigenvalue weighted by atomic mass is 15.0. The summed E-state index contributed by atoms with van der Waals surface area (Å²) in [5.41, 5.74) is 1.44. The van der Waals surface area contributed by atoms with Crippen molar-refractivity contribution in [3.8, 4) is 0 Å². The van der Waals surface area contributed by atoms with Gasteiger partial charge in [0.25, 0.3) is 0 Å². The van der Waals surface area contributed by atoms with E-state index in [4.69, 9.17) is 0 Å². The lowest BCUT2D eigenvalue weighted by molar-refractivity contribution is 0.291. The second-order valence-electron chi connectivity index (χ2n) is 6.03. The molecule has 94 valence electrons. The van der Waals surface area contributed by atoms with Crippen LogP contribution in [-0.2, 0) is 6.54 Å². The molecule has 0 radical (unpaired) electrons. The molecule has 2 heteroatoms. The summed E-state index contributed by atoms with van der Waals surface area (Å²) < 4.78 is 2.48. The molecule has 2 aliphatic carbocycles. The molecule has 2 fully saturated rings. The van der Waals surface area contributed by atoms with E-state index in [1.54, 1.807) is 0 Å². The Balaban J connectivity index is 1.71. The standard InChI is InChI=1S/C15H24N2/c1-11(16-2)15-4-3-7-17(15)10-14-9-12-5-6-13(14)8-12/h3-4,7,11-14,16H,5-6,8-10H2,1-2H3. The molecule has 4 atom stereocenters. The molecule has 2 bridgehead atoms. The predicted octanol–water partition coefficient (Wildman–Crippen LogP) is 3.20. The molecule has 0 amide bonds. The molecule has 2 nitrogen and oxygen atoms in total. The van der Waals surface area contributed by atoms with Gasteiger partial charge in [0, 0.05) is 24.5 Å². The van der Waals surface area contributed by atoms with Crippen LogP contribution < -0.4 is 5.32 Å². The third kappa shape index (κ3) is 2.03. The maximum absolute atomic E-state index is 3.35. The van der Waals surface area contributed by atoms with Crippen molar-refractivity contribution in [3.05, 3.63) is 24.0 Å². The molecule has 0 aromatic carbocycles. The topological polar surface area (TPSA) is 17.0 Å². The molecule has 0 aliphatic heterocycles. The second kappa shape index (κ2) is 4.49. The Bertz CT molecular complexity index is 382. The lowest BCUT2D eigenvalue weighted by Crippen LogP contribution is -2.21. The Hall–Kier alpha value is -0.760. The van der Waals surface area contributed by atoms with Crippen LogP contribution in [0.2, 0.25) is 0 Å². The number of hydrogen-bond acceptors (Lipinski definition) is 1. The lowest BCUT2D eigenvalue weighted by atomic mass is 9.89. The van der Waals surface area contributed by atoms with Gasteiger partial charge in [0.2, 0.25) is 0 Å². The summed E-state index contributed by atoms with van der Waals surface area (Å²) >= 11 is 0. The monoisotopic (exact) mass is 232 g/mol. The third-order valence-corrected chi connectivity index (χ3v) is 5.06. The van der Waals surface area contributed by atoms with Crippen LogP contribution >= 0.6 is 0 Å². The third-order valence-electron chi connectivity index (χ3n) is 5.06. The summed E-state index contributed by atoms with van der Waals surface area (Å²) in [6.45, 7) is 3.49. The van der Waals surface area contributed by atoms with Gasteiger partial charge in [0.05, 0.1) is 0 Å². The van der Waals surface area contributed by atoms with Crippen LogP contribution in [0.15, 0.2) is 18.3 Å². The molecule has 17 heavy (non-hydrogen) atoms. The number of fused-ring (bicyclic) bond motifs is 2. The molecule has 1 aromatic heterocycles. The molecule has 2 aliphatic rings. The number of rotatable bonds is 4. The van der Waals surface area contributed by atoms with Crippen LogP contribution in [0.4, 0.5) is 0 Å². The van der Waals surface area contributed by atoms with Gasteiger partial charge in [-0.1, -0.05) is 6.42 Å². The minimum atomic E-state index is 0.462. The SMILES string of the molecule is CNC(C)c1cccn1CC1CC2CCC1C2. The number of hydrogen-bond donors (Lipinski definition) is 1. The lowest BCUT2D eigenvalue weighted by Gasteiger charge is -2.24. The number of nitrogens with one attached hydrogen (secondary N) is 1. The van der Waals surface area contributed by atoms with E-state index in [0.29, 0.717) is 6.04 Å². The molecule has 3 rings (SSSR count). The Morgan fingerprint density at radius 3 is 2.94 bits per heavy atom. The largest absolute Gasteiger partial charge is 0.350 e. The predicted molar refractivity (Wildman–Crippen MR) is 70.8 cm³/mol. The van der Waals surface area contributed by atoms with Crippen molar-refractivity contribution in [2.75, 3.05) is 7.05 Å². The van der Waals surface area contributed by atoms with E-state index in [2.05, 4.69) is 35.1 Å². The molecule has 1 aromatic rings. The van der Waals surface area contributed by atoms with Crippen LogP contribution in [0.1, 0.15) is 44.3 Å². The van der Waals surface area contributed by atoms with E-state index in [0.717, 1.165) is 17.8 Å². The van der Waals surface area contributed by atoms with Gasteiger partial charge in [-0.05, 0) is 63.1 Å². The van der Waals surface area contributed by atoms with Crippen LogP contribution in [-0.4, -0.2) is 11.6 Å². The van der Waals surface area contributed by atoms with Crippen molar-refractivity contribution in [3.63, 3.8) is 0 Å². The zero-order chi connectivity index (χ0) is 11.8. The summed E-state index contributed by atoms with van der Waals surface area (Å²) in [4.78, 5) is 0. The molecule has 1 N–H and O–H groups in total. The Kier molecular flexibility index (Phi) is 2.99. The molecule has 1 heterocycles. The van der Waals surface area contributed by atoms with Gasteiger partial charge in [-0.2, -0.15) is 0 Å². The molecule has 4 unspecified atom stereocenters. The van der Waals surface area contributed by atoms with Crippen molar-refractivity contribution >= 4 is 0 Å². The van der Waals surface area contributed by atoms with Crippen LogP contribution in [0.25, 0.3) is 0 Å². The molecule has 2 saturated carbocycles. The average molecular weight is 232 g/mol. The van der Waals surface area contributed by atoms with Gasteiger partial charge < -0.3 is 9.88 Å². The summed E-state index contributed by atoms with van der Waals surface area (Å²) in [7, 11) is 2.04. The van der Waals surface area contributed by atoms with Crippen molar-refractivity contribution < 1.29 is 0 Å². The van der Waals surface area contributed by atoms with E-state index in [1.807, 2.05) is 7.05 Å². The van der Waals surface area contributed by atoms with Crippen LogP contribution in [0.5, 0.6) is 0 Å². The van der Waals surface area contributed by atoms with Crippen molar-refractivity contribution in [2.45, 2.75) is 45.2 Å². The minimum Gasteiger partial charge on any atom is -0.350 e. The molecule has 0 saturated heterocycles. The highest BCUT2D eigenvalue weighted by molar-refractivity contribution is 5.11. The van der Waals surface area contributed by atoms with Gasteiger partial charge in [-0.15, -0.1) is 0 Å². The molecular formula is C15H24N2. The van der Waals surface area contributed by atoms with Gasteiger partial charge in [0.15, 0.2) is 0 Å². The second-order valence-corrected chi connectivity index (χ2v) is 6.03. The quantitative estimate of drug-likeness (QED) is 0.843. The molecular weight excluding hydrogens is 208 g/mol. The zero-order valence-electron chi connectivity index (χ0n) is 11.0. The van der Waals surface area contributed by atoms with Gasteiger partial charge in [-0.3, -0.25) is 0 Å².